The lowest BCUT2D eigenvalue weighted by Crippen LogP contribution is -2.64. The third kappa shape index (κ3) is 3.66. The highest BCUT2D eigenvalue weighted by atomic mass is 16.7. The number of rotatable bonds is 4. The highest BCUT2D eigenvalue weighted by molar-refractivity contribution is 4.93. The largest absolute Gasteiger partial charge is 0.394 e. The quantitative estimate of drug-likeness (QED) is 0.300. The van der Waals surface area contributed by atoms with Crippen LogP contribution in [-0.2, 0) is 18.9 Å². The maximum absolute atomic E-state index is 10.1. The molecule has 2 heterocycles. The van der Waals surface area contributed by atoms with Crippen LogP contribution in [0.4, 0.5) is 0 Å². The van der Waals surface area contributed by atoms with Crippen LogP contribution in [0.2, 0.25) is 0 Å². The first-order chi connectivity index (χ1) is 10.8. The number of aliphatic hydroxyl groups excluding tert-OH is 6. The predicted octanol–water partition coefficient (Wildman–Crippen LogP) is -3.72. The Hall–Kier alpha value is -0.400. The van der Waals surface area contributed by atoms with Crippen molar-refractivity contribution in [2.24, 2.45) is 0 Å². The summed E-state index contributed by atoms with van der Waals surface area (Å²) in [5, 5.41) is 58.9. The zero-order chi connectivity index (χ0) is 17.3. The number of hydrogen-bond acceptors (Lipinski definition) is 10. The summed E-state index contributed by atoms with van der Waals surface area (Å²) < 4.78 is 20.8. The number of ether oxygens (including phenoxy) is 4. The Bertz CT molecular complexity index is 366. The molecule has 10 nitrogen and oxygen atoms in total. The van der Waals surface area contributed by atoms with E-state index in [4.69, 9.17) is 18.9 Å². The molecule has 0 amide bonds. The maximum Gasteiger partial charge on any atom is 0.187 e. The predicted molar refractivity (Wildman–Crippen MR) is 72.0 cm³/mol. The van der Waals surface area contributed by atoms with Crippen LogP contribution >= 0.6 is 0 Å². The Labute approximate surface area is 132 Å². The fourth-order valence-corrected chi connectivity index (χ4v) is 2.69. The van der Waals surface area contributed by atoms with E-state index >= 15 is 0 Å². The lowest BCUT2D eigenvalue weighted by molar-refractivity contribution is -0.355. The van der Waals surface area contributed by atoms with E-state index in [1.807, 2.05) is 0 Å². The summed E-state index contributed by atoms with van der Waals surface area (Å²) in [5.74, 6) is 0. The van der Waals surface area contributed by atoms with E-state index in [9.17, 15) is 30.6 Å². The Kier molecular flexibility index (Phi) is 6.30. The van der Waals surface area contributed by atoms with Gasteiger partial charge < -0.3 is 49.6 Å². The second kappa shape index (κ2) is 7.66. The van der Waals surface area contributed by atoms with Gasteiger partial charge in [0.25, 0.3) is 0 Å². The second-order valence-electron chi connectivity index (χ2n) is 5.72. The summed E-state index contributed by atoms with van der Waals surface area (Å²) in [6.07, 6.45) is -13.0. The van der Waals surface area contributed by atoms with E-state index in [1.165, 1.54) is 14.0 Å². The van der Waals surface area contributed by atoms with Crippen molar-refractivity contribution < 1.29 is 49.6 Å². The van der Waals surface area contributed by atoms with E-state index in [-0.39, 0.29) is 0 Å². The summed E-state index contributed by atoms with van der Waals surface area (Å²) in [7, 11) is 1.27. The number of aliphatic hydroxyl groups is 6. The molecule has 0 aromatic carbocycles. The molecule has 23 heavy (non-hydrogen) atoms. The van der Waals surface area contributed by atoms with E-state index < -0.39 is 68.0 Å². The molecule has 2 fully saturated rings. The number of hydrogen-bond donors (Lipinski definition) is 6. The van der Waals surface area contributed by atoms with Crippen molar-refractivity contribution in [3.63, 3.8) is 0 Å². The molecule has 6 N–H and O–H groups in total. The van der Waals surface area contributed by atoms with Crippen molar-refractivity contribution in [3.05, 3.63) is 0 Å². The lowest BCUT2D eigenvalue weighted by atomic mass is 9.97. The molecule has 136 valence electrons. The third-order valence-electron chi connectivity index (χ3n) is 4.15. The summed E-state index contributed by atoms with van der Waals surface area (Å²) in [6.45, 7) is 0.931. The second-order valence-corrected chi connectivity index (χ2v) is 5.72. The molecule has 0 aromatic heterocycles. The molecule has 0 spiro atoms. The Balaban J connectivity index is 2.12. The summed E-state index contributed by atoms with van der Waals surface area (Å²) in [4.78, 5) is 0. The first-order valence-corrected chi connectivity index (χ1v) is 7.32. The summed E-state index contributed by atoms with van der Waals surface area (Å²) >= 11 is 0. The van der Waals surface area contributed by atoms with Crippen LogP contribution in [0.25, 0.3) is 0 Å². The lowest BCUT2D eigenvalue weighted by Gasteiger charge is -2.45. The standard InChI is InChI=1S/C13H24O10/c1-4-6(15)8(17)9(18)13(21-4)23-11-7(16)5(3-14)22-12(20-2)10(11)19/h4-19H,3H2,1-2H3/t4-,5-,6+,7+,8+,9-,10-,11+,12-,13+/m1/s1. The first kappa shape index (κ1) is 18.9. The smallest absolute Gasteiger partial charge is 0.187 e. The summed E-state index contributed by atoms with van der Waals surface area (Å²) in [5.41, 5.74) is 0. The molecule has 2 aliphatic rings. The van der Waals surface area contributed by atoms with Crippen LogP contribution in [0.3, 0.4) is 0 Å². The fourth-order valence-electron chi connectivity index (χ4n) is 2.69. The molecule has 2 aliphatic heterocycles. The van der Waals surface area contributed by atoms with Gasteiger partial charge in [-0.3, -0.25) is 0 Å². The van der Waals surface area contributed by atoms with Gasteiger partial charge >= 0.3 is 0 Å². The van der Waals surface area contributed by atoms with E-state index in [1.54, 1.807) is 0 Å². The Morgan fingerprint density at radius 2 is 1.48 bits per heavy atom. The van der Waals surface area contributed by atoms with Crippen molar-refractivity contribution in [1.82, 2.24) is 0 Å². The molecule has 0 unspecified atom stereocenters. The van der Waals surface area contributed by atoms with Gasteiger partial charge in [-0.2, -0.15) is 0 Å². The van der Waals surface area contributed by atoms with Gasteiger partial charge in [0, 0.05) is 7.11 Å². The van der Waals surface area contributed by atoms with Crippen molar-refractivity contribution in [1.29, 1.82) is 0 Å². The van der Waals surface area contributed by atoms with E-state index in [2.05, 4.69) is 0 Å². The normalized spacial score (nSPS) is 51.7. The van der Waals surface area contributed by atoms with Crippen LogP contribution in [-0.4, -0.2) is 106 Å². The molecule has 0 saturated carbocycles. The van der Waals surface area contributed by atoms with Crippen molar-refractivity contribution >= 4 is 0 Å². The van der Waals surface area contributed by atoms with Crippen molar-refractivity contribution in [3.8, 4) is 0 Å². The van der Waals surface area contributed by atoms with Gasteiger partial charge in [0.2, 0.25) is 0 Å². The monoisotopic (exact) mass is 340 g/mol. The van der Waals surface area contributed by atoms with Crippen LogP contribution in [0, 0.1) is 0 Å². The molecule has 0 bridgehead atoms. The van der Waals surface area contributed by atoms with Crippen molar-refractivity contribution in [2.45, 2.75) is 68.3 Å². The zero-order valence-corrected chi connectivity index (χ0v) is 12.8. The van der Waals surface area contributed by atoms with Crippen molar-refractivity contribution in [2.75, 3.05) is 13.7 Å². The Morgan fingerprint density at radius 3 is 2.04 bits per heavy atom. The van der Waals surface area contributed by atoms with Gasteiger partial charge in [-0.15, -0.1) is 0 Å². The molecule has 10 heteroatoms. The molecular weight excluding hydrogens is 316 g/mol. The Morgan fingerprint density at radius 1 is 0.826 bits per heavy atom. The molecule has 0 aromatic rings. The molecule has 0 radical (unpaired) electrons. The third-order valence-corrected chi connectivity index (χ3v) is 4.15. The van der Waals surface area contributed by atoms with Crippen LogP contribution in [0.1, 0.15) is 6.92 Å². The topological polar surface area (TPSA) is 158 Å². The zero-order valence-electron chi connectivity index (χ0n) is 12.8. The number of methoxy groups -OCH3 is 1. The average molecular weight is 340 g/mol. The highest BCUT2D eigenvalue weighted by Gasteiger charge is 2.50. The highest BCUT2D eigenvalue weighted by Crippen LogP contribution is 2.29. The minimum atomic E-state index is -1.59. The molecule has 2 saturated heterocycles. The summed E-state index contributed by atoms with van der Waals surface area (Å²) in [6, 6.07) is 0. The van der Waals surface area contributed by atoms with Gasteiger partial charge in [0.05, 0.1) is 12.7 Å². The molecule has 10 atom stereocenters. The SMILES string of the molecule is CO[C@@H]1O[C@H](CO)[C@H](O)[C@H](O[C@@H]2O[C@H](C)[C@H](O)[C@H](O)[C@H]2O)[C@H]1O. The van der Waals surface area contributed by atoms with Gasteiger partial charge in [0.1, 0.15) is 42.7 Å². The first-order valence-electron chi connectivity index (χ1n) is 7.32. The van der Waals surface area contributed by atoms with Gasteiger partial charge in [-0.25, -0.2) is 0 Å². The minimum Gasteiger partial charge on any atom is -0.394 e. The maximum atomic E-state index is 10.1. The molecule has 0 aliphatic carbocycles. The van der Waals surface area contributed by atoms with E-state index in [0.29, 0.717) is 0 Å². The van der Waals surface area contributed by atoms with Crippen LogP contribution < -0.4 is 0 Å². The van der Waals surface area contributed by atoms with Gasteiger partial charge in [-0.1, -0.05) is 0 Å². The molecule has 2 rings (SSSR count). The fraction of sp³-hybridized carbons (Fsp3) is 1.00. The van der Waals surface area contributed by atoms with E-state index in [0.717, 1.165) is 0 Å². The molecular formula is C13H24O10. The van der Waals surface area contributed by atoms with Gasteiger partial charge in [-0.05, 0) is 6.92 Å². The van der Waals surface area contributed by atoms with Crippen LogP contribution in [0.15, 0.2) is 0 Å². The van der Waals surface area contributed by atoms with Gasteiger partial charge in [0.15, 0.2) is 12.6 Å². The average Bonchev–Trinajstić information content (AvgIpc) is 2.54. The van der Waals surface area contributed by atoms with Crippen LogP contribution in [0.5, 0.6) is 0 Å². The minimum absolute atomic E-state index is 0.542.